The van der Waals surface area contributed by atoms with Crippen LogP contribution in [0.4, 0.5) is 0 Å². The van der Waals surface area contributed by atoms with Gasteiger partial charge in [-0.25, -0.2) is 0 Å². The first-order chi connectivity index (χ1) is 7.20. The van der Waals surface area contributed by atoms with E-state index in [2.05, 4.69) is 31.0 Å². The average molecular weight is 475 g/mol. The van der Waals surface area contributed by atoms with Crippen molar-refractivity contribution in [1.82, 2.24) is 10.2 Å². The number of ether oxygens (including phenoxy) is 1. The summed E-state index contributed by atoms with van der Waals surface area (Å²) in [6, 6.07) is 2.00. The van der Waals surface area contributed by atoms with Crippen LogP contribution in [0, 0.1) is 6.04 Å². The van der Waals surface area contributed by atoms with Crippen LogP contribution in [-0.2, 0) is 4.74 Å². The molecule has 3 nitrogen and oxygen atoms in total. The van der Waals surface area contributed by atoms with Gasteiger partial charge >= 0.3 is 0 Å². The van der Waals surface area contributed by atoms with Crippen LogP contribution in [0.3, 0.4) is 0 Å². The molecule has 1 aliphatic rings. The Bertz CT molecular complexity index is 167. The van der Waals surface area contributed by atoms with Crippen molar-refractivity contribution in [2.45, 2.75) is 39.7 Å². The first-order valence-electron chi connectivity index (χ1n) is 6.08. The Morgan fingerprint density at radius 3 is 2.69 bits per heavy atom. The van der Waals surface area contributed by atoms with Crippen LogP contribution >= 0.6 is 0 Å². The zero-order valence-corrected chi connectivity index (χ0v) is 12.8. The van der Waals surface area contributed by atoms with E-state index in [-0.39, 0.29) is 0 Å². The van der Waals surface area contributed by atoms with Crippen LogP contribution in [0.25, 0.3) is 0 Å². The van der Waals surface area contributed by atoms with Gasteiger partial charge < -0.3 is 10.1 Å². The van der Waals surface area contributed by atoms with Crippen molar-refractivity contribution >= 4 is 0 Å². The molecule has 0 aromatic carbocycles. The molecule has 0 amide bonds. The maximum Gasteiger partial charge on any atom is 0.0593 e. The first-order valence-corrected chi connectivity index (χ1v) is 6.08. The number of nitrogens with zero attached hydrogens (tertiary/aromatic N) is 1. The van der Waals surface area contributed by atoms with Gasteiger partial charge in [0, 0.05) is 25.7 Å². The van der Waals surface area contributed by atoms with Gasteiger partial charge in [0.05, 0.1) is 6.61 Å². The summed E-state index contributed by atoms with van der Waals surface area (Å²) >= 11 is 0. The molecule has 0 saturated carbocycles. The van der Waals surface area contributed by atoms with Crippen molar-refractivity contribution < 1.29 is 4.74 Å². The van der Waals surface area contributed by atoms with E-state index < -0.39 is 0 Å². The molecule has 0 atom stereocenters. The minimum atomic E-state index is 0. The molecule has 0 aliphatic carbocycles. The summed E-state index contributed by atoms with van der Waals surface area (Å²) in [5.41, 5.74) is 0. The van der Waals surface area contributed by atoms with E-state index in [0.29, 0.717) is 6.04 Å². The summed E-state index contributed by atoms with van der Waals surface area (Å²) in [5, 5.41) is 3.48. The van der Waals surface area contributed by atoms with Crippen molar-refractivity contribution in [2.24, 2.45) is 0 Å². The molecule has 0 aromatic heterocycles. The van der Waals surface area contributed by atoms with Gasteiger partial charge in [0.15, 0.2) is 0 Å². The van der Waals surface area contributed by atoms with Gasteiger partial charge in [0.25, 0.3) is 0 Å². The Labute approximate surface area is 94.2 Å². The van der Waals surface area contributed by atoms with Crippen LogP contribution in [0.5, 0.6) is 0 Å². The van der Waals surface area contributed by atoms with E-state index in [1.807, 2.05) is 0 Å². The second-order valence-corrected chi connectivity index (χ2v) is 4.55. The van der Waals surface area contributed by atoms with Crippen molar-refractivity contribution in [3.05, 3.63) is 6.04 Å². The molecule has 1 rings (SSSR count). The standard InChI is InChI=1S/C12H25N2O.Lr/c1-11(2)14-7-6-13-12(3)5-4-9-15-10-8-14;/h11,13H,4-10H2,1-3H3;/q-1;. The topological polar surface area (TPSA) is 24.5 Å². The first kappa shape index (κ1) is 14.9. The van der Waals surface area contributed by atoms with Gasteiger partial charge in [0.1, 0.15) is 0 Å². The Morgan fingerprint density at radius 2 is 2.00 bits per heavy atom. The summed E-state index contributed by atoms with van der Waals surface area (Å²) in [5.74, 6) is 0. The van der Waals surface area contributed by atoms with Gasteiger partial charge in [-0.1, -0.05) is 6.42 Å². The van der Waals surface area contributed by atoms with Gasteiger partial charge in [-0.05, 0) is 20.4 Å². The molecule has 4 heteroatoms. The largest absolute Gasteiger partial charge is 0.466 e. The molecular weight excluding hydrogens is 450 g/mol. The third-order valence-electron chi connectivity index (χ3n) is 2.92. The molecule has 1 fully saturated rings. The molecule has 0 aromatic rings. The Hall–Kier alpha value is -1.12. The predicted molar refractivity (Wildman–Crippen MR) is 63.7 cm³/mol. The van der Waals surface area contributed by atoms with Gasteiger partial charge in [-0.15, -0.1) is 0 Å². The molecule has 1 heterocycles. The summed E-state index contributed by atoms with van der Waals surface area (Å²) < 4.78 is 5.61. The number of rotatable bonds is 1. The van der Waals surface area contributed by atoms with Gasteiger partial charge in [-0.2, -0.15) is 13.3 Å². The minimum Gasteiger partial charge on any atom is -0.466 e. The fraction of sp³-hybridized carbons (Fsp3) is 0.917. The maximum absolute atomic E-state index is 5.61. The quantitative estimate of drug-likeness (QED) is 0.584. The van der Waals surface area contributed by atoms with E-state index in [1.165, 1.54) is 6.04 Å². The summed E-state index contributed by atoms with van der Waals surface area (Å²) in [4.78, 5) is 2.46. The Balaban J connectivity index is 0.00000225. The fourth-order valence-electron chi connectivity index (χ4n) is 1.85. The van der Waals surface area contributed by atoms with Crippen LogP contribution in [-0.4, -0.2) is 43.8 Å². The zero-order chi connectivity index (χ0) is 11.1. The second-order valence-electron chi connectivity index (χ2n) is 4.55. The summed E-state index contributed by atoms with van der Waals surface area (Å²) in [6.07, 6.45) is 2.28. The Morgan fingerprint density at radius 1 is 1.25 bits per heavy atom. The molecule has 1 aliphatic heterocycles. The predicted octanol–water partition coefficient (Wildman–Crippen LogP) is 1.65. The van der Waals surface area contributed by atoms with E-state index >= 15 is 0 Å². The molecule has 1 radical (unpaired) electrons. The van der Waals surface area contributed by atoms with E-state index in [0.717, 1.165) is 45.7 Å². The average Bonchev–Trinajstić information content (AvgIpc) is 2.23. The van der Waals surface area contributed by atoms with E-state index in [4.69, 9.17) is 4.74 Å². The van der Waals surface area contributed by atoms with Crippen molar-refractivity contribution in [2.75, 3.05) is 32.8 Å². The molecule has 0 spiro atoms. The van der Waals surface area contributed by atoms with Crippen LogP contribution < -0.4 is 5.32 Å². The van der Waals surface area contributed by atoms with Gasteiger partial charge in [0.2, 0.25) is 0 Å². The third kappa shape index (κ3) is 5.69. The van der Waals surface area contributed by atoms with Crippen LogP contribution in [0.1, 0.15) is 33.6 Å². The number of nitrogens with one attached hydrogen (secondary N) is 1. The summed E-state index contributed by atoms with van der Waals surface area (Å²) in [6.45, 7) is 11.7. The van der Waals surface area contributed by atoms with Crippen molar-refractivity contribution in [3.63, 3.8) is 0 Å². The van der Waals surface area contributed by atoms with Crippen molar-refractivity contribution in [1.29, 1.82) is 0 Å². The second kappa shape index (κ2) is 8.08. The van der Waals surface area contributed by atoms with E-state index in [9.17, 15) is 0 Å². The zero-order valence-electron chi connectivity index (χ0n) is 10.6. The Kier molecular flexibility index (Phi) is 7.52. The molecule has 105 valence electrons. The van der Waals surface area contributed by atoms with Crippen molar-refractivity contribution in [3.8, 4) is 0 Å². The van der Waals surface area contributed by atoms with Crippen LogP contribution in [0.2, 0.25) is 0 Å². The monoisotopic (exact) mass is 475 g/mol. The number of hydrogen-bond acceptors (Lipinski definition) is 3. The number of hydrogen-bond donors (Lipinski definition) is 1. The van der Waals surface area contributed by atoms with E-state index in [1.54, 1.807) is 0 Å². The molecular formula is C12H25LrN2O-. The normalized spacial score (nSPS) is 22.5. The van der Waals surface area contributed by atoms with Gasteiger partial charge in [-0.3, -0.25) is 10.9 Å². The smallest absolute Gasteiger partial charge is 0.0593 e. The molecule has 16 heavy (non-hydrogen) atoms. The van der Waals surface area contributed by atoms with Crippen LogP contribution in [0.15, 0.2) is 0 Å². The molecule has 1 N–H and O–H groups in total. The fourth-order valence-corrected chi connectivity index (χ4v) is 1.85. The maximum atomic E-state index is 5.61. The third-order valence-corrected chi connectivity index (χ3v) is 2.92. The SMILES string of the molecule is C[C-]1CCCOCCN(C(C)C)CCN1.[Lr]. The minimum absolute atomic E-state index is 0. The molecule has 0 bridgehead atoms. The molecule has 0 unspecified atom stereocenters. The molecule has 1 saturated heterocycles. The summed E-state index contributed by atoms with van der Waals surface area (Å²) in [7, 11) is 0.